The van der Waals surface area contributed by atoms with E-state index in [2.05, 4.69) is 5.10 Å². The number of hydrogen-bond donors (Lipinski definition) is 0. The number of aryl methyl sites for hydroxylation is 2. The summed E-state index contributed by atoms with van der Waals surface area (Å²) in [4.78, 5) is 10.7. The van der Waals surface area contributed by atoms with Gasteiger partial charge in [-0.05, 0) is 12.8 Å². The molecule has 0 spiro atoms. The van der Waals surface area contributed by atoms with E-state index < -0.39 is 0 Å². The van der Waals surface area contributed by atoms with Crippen molar-refractivity contribution in [2.45, 2.75) is 44.9 Å². The van der Waals surface area contributed by atoms with E-state index >= 15 is 0 Å². The van der Waals surface area contributed by atoms with Gasteiger partial charge in [0.1, 0.15) is 11.4 Å². The number of nitro groups is 1. The summed E-state index contributed by atoms with van der Waals surface area (Å²) in [6, 6.07) is 0. The molecule has 1 rings (SSSR count). The van der Waals surface area contributed by atoms with Crippen molar-refractivity contribution in [2.75, 3.05) is 0 Å². The van der Waals surface area contributed by atoms with Crippen molar-refractivity contribution < 1.29 is 4.92 Å². The van der Waals surface area contributed by atoms with Gasteiger partial charge in [0.2, 0.25) is 0 Å². The second-order valence-electron chi connectivity index (χ2n) is 4.07. The Bertz CT molecular complexity index is 404. The summed E-state index contributed by atoms with van der Waals surface area (Å²) >= 11 is 6.15. The van der Waals surface area contributed by atoms with Crippen LogP contribution in [0.2, 0.25) is 0 Å². The zero-order valence-corrected chi connectivity index (χ0v) is 11.2. The molecule has 1 heterocycles. The molecular formula is C11H18ClN3O2. The van der Waals surface area contributed by atoms with E-state index in [1.807, 2.05) is 13.8 Å². The second-order valence-corrected chi connectivity index (χ2v) is 4.68. The second kappa shape index (κ2) is 6.00. The molecule has 1 aromatic rings. The highest BCUT2D eigenvalue weighted by atomic mass is 35.5. The molecule has 0 amide bonds. The highest BCUT2D eigenvalue weighted by molar-refractivity contribution is 6.20. The summed E-state index contributed by atoms with van der Waals surface area (Å²) in [7, 11) is 1.73. The first-order chi connectivity index (χ1) is 8.01. The van der Waals surface area contributed by atoms with Crippen LogP contribution in [0.3, 0.4) is 0 Å². The summed E-state index contributed by atoms with van der Waals surface area (Å²) in [5.41, 5.74) is 1.30. The smallest absolute Gasteiger partial charge is 0.265 e. The van der Waals surface area contributed by atoms with Crippen molar-refractivity contribution >= 4 is 17.3 Å². The van der Waals surface area contributed by atoms with Gasteiger partial charge in [-0.3, -0.25) is 14.8 Å². The molecule has 6 heteroatoms. The molecular weight excluding hydrogens is 242 g/mol. The number of nitrogens with zero attached hydrogens (tertiary/aromatic N) is 3. The van der Waals surface area contributed by atoms with Crippen LogP contribution >= 0.6 is 11.6 Å². The normalized spacial score (nSPS) is 12.7. The number of rotatable bonds is 6. The molecule has 0 saturated heterocycles. The minimum absolute atomic E-state index is 0.0705. The van der Waals surface area contributed by atoms with Gasteiger partial charge in [-0.25, -0.2) is 0 Å². The summed E-state index contributed by atoms with van der Waals surface area (Å²) in [6.07, 6.45) is 2.88. The van der Waals surface area contributed by atoms with Crippen LogP contribution in [-0.4, -0.2) is 20.1 Å². The Morgan fingerprint density at radius 1 is 1.53 bits per heavy atom. The van der Waals surface area contributed by atoms with E-state index in [0.29, 0.717) is 24.2 Å². The van der Waals surface area contributed by atoms with Crippen LogP contribution < -0.4 is 0 Å². The van der Waals surface area contributed by atoms with Gasteiger partial charge in [-0.2, -0.15) is 5.10 Å². The van der Waals surface area contributed by atoms with Gasteiger partial charge in [0.25, 0.3) is 0 Å². The average Bonchev–Trinajstić information content (AvgIpc) is 2.56. The predicted octanol–water partition coefficient (Wildman–Crippen LogP) is 2.84. The van der Waals surface area contributed by atoms with E-state index in [4.69, 9.17) is 11.6 Å². The Morgan fingerprint density at radius 3 is 2.65 bits per heavy atom. The van der Waals surface area contributed by atoms with Gasteiger partial charge >= 0.3 is 5.69 Å². The Labute approximate surface area is 106 Å². The van der Waals surface area contributed by atoms with Crippen LogP contribution in [0, 0.1) is 10.1 Å². The first kappa shape index (κ1) is 14.0. The van der Waals surface area contributed by atoms with Crippen LogP contribution in [0.4, 0.5) is 5.69 Å². The molecule has 0 aromatic carbocycles. The van der Waals surface area contributed by atoms with Crippen LogP contribution in [0.5, 0.6) is 0 Å². The highest BCUT2D eigenvalue weighted by Gasteiger charge is 2.26. The van der Waals surface area contributed by atoms with E-state index in [0.717, 1.165) is 12.8 Å². The topological polar surface area (TPSA) is 61.0 Å². The molecule has 0 aliphatic carbocycles. The molecule has 0 N–H and O–H groups in total. The first-order valence-electron chi connectivity index (χ1n) is 5.84. The third-order valence-electron chi connectivity index (χ3n) is 2.74. The molecule has 0 saturated carbocycles. The fourth-order valence-corrected chi connectivity index (χ4v) is 2.28. The first-order valence-corrected chi connectivity index (χ1v) is 6.28. The maximum absolute atomic E-state index is 11.1. The van der Waals surface area contributed by atoms with Gasteiger partial charge in [0, 0.05) is 18.8 Å². The lowest BCUT2D eigenvalue weighted by Gasteiger charge is -2.07. The summed E-state index contributed by atoms with van der Waals surface area (Å²) < 4.78 is 1.59. The molecule has 5 nitrogen and oxygen atoms in total. The Morgan fingerprint density at radius 2 is 2.18 bits per heavy atom. The standard InChI is InChI=1S/C11H18ClN3O2/c1-4-6-8(12)7-10-11(15(16)17)9(5-2)13-14(10)3/h8H,4-7H2,1-3H3. The third kappa shape index (κ3) is 3.19. The minimum atomic E-state index is -0.350. The number of hydrogen-bond acceptors (Lipinski definition) is 3. The van der Waals surface area contributed by atoms with Crippen LogP contribution in [0.15, 0.2) is 0 Å². The van der Waals surface area contributed by atoms with Gasteiger partial charge in [0.15, 0.2) is 0 Å². The monoisotopic (exact) mass is 259 g/mol. The Hall–Kier alpha value is -1.10. The van der Waals surface area contributed by atoms with E-state index in [1.165, 1.54) is 0 Å². The molecule has 96 valence electrons. The van der Waals surface area contributed by atoms with Gasteiger partial charge in [-0.15, -0.1) is 11.6 Å². The minimum Gasteiger partial charge on any atom is -0.265 e. The molecule has 0 aliphatic heterocycles. The largest absolute Gasteiger partial charge is 0.313 e. The van der Waals surface area contributed by atoms with Crippen molar-refractivity contribution in [1.82, 2.24) is 9.78 Å². The van der Waals surface area contributed by atoms with E-state index in [9.17, 15) is 10.1 Å². The SMILES string of the molecule is CCCC(Cl)Cc1c([N+](=O)[O-])c(CC)nn1C. The Kier molecular flexibility index (Phi) is 4.93. The van der Waals surface area contributed by atoms with Crippen molar-refractivity contribution in [1.29, 1.82) is 0 Å². The van der Waals surface area contributed by atoms with Crippen LogP contribution in [0.1, 0.15) is 38.1 Å². The molecule has 0 bridgehead atoms. The lowest BCUT2D eigenvalue weighted by Crippen LogP contribution is -2.09. The lowest BCUT2D eigenvalue weighted by molar-refractivity contribution is -0.386. The summed E-state index contributed by atoms with van der Waals surface area (Å²) in [6.45, 7) is 3.91. The molecule has 1 unspecified atom stereocenters. The number of halogens is 1. The number of alkyl halides is 1. The molecule has 0 radical (unpaired) electrons. The zero-order chi connectivity index (χ0) is 13.0. The summed E-state index contributed by atoms with van der Waals surface area (Å²) in [5.74, 6) is 0. The van der Waals surface area contributed by atoms with E-state index in [1.54, 1.807) is 11.7 Å². The van der Waals surface area contributed by atoms with Gasteiger partial charge in [0.05, 0.1) is 4.92 Å². The van der Waals surface area contributed by atoms with Gasteiger partial charge < -0.3 is 0 Å². The molecule has 1 atom stereocenters. The highest BCUT2D eigenvalue weighted by Crippen LogP contribution is 2.26. The fourth-order valence-electron chi connectivity index (χ4n) is 1.91. The van der Waals surface area contributed by atoms with E-state index in [-0.39, 0.29) is 16.0 Å². The molecule has 17 heavy (non-hydrogen) atoms. The summed E-state index contributed by atoms with van der Waals surface area (Å²) in [5, 5.41) is 15.2. The Balaban J connectivity index is 3.04. The quantitative estimate of drug-likeness (QED) is 0.448. The molecule has 0 fully saturated rings. The maximum atomic E-state index is 11.1. The van der Waals surface area contributed by atoms with Crippen molar-refractivity contribution in [2.24, 2.45) is 7.05 Å². The zero-order valence-electron chi connectivity index (χ0n) is 10.4. The van der Waals surface area contributed by atoms with Gasteiger partial charge in [-0.1, -0.05) is 20.3 Å². The van der Waals surface area contributed by atoms with Crippen molar-refractivity contribution in [3.05, 3.63) is 21.5 Å². The average molecular weight is 260 g/mol. The van der Waals surface area contributed by atoms with Crippen LogP contribution in [-0.2, 0) is 19.9 Å². The van der Waals surface area contributed by atoms with Crippen molar-refractivity contribution in [3.8, 4) is 0 Å². The van der Waals surface area contributed by atoms with Crippen molar-refractivity contribution in [3.63, 3.8) is 0 Å². The molecule has 0 aliphatic rings. The maximum Gasteiger partial charge on any atom is 0.313 e. The number of aromatic nitrogens is 2. The predicted molar refractivity (Wildman–Crippen MR) is 67.5 cm³/mol. The van der Waals surface area contributed by atoms with Crippen LogP contribution in [0.25, 0.3) is 0 Å². The fraction of sp³-hybridized carbons (Fsp3) is 0.727. The molecule has 1 aromatic heterocycles. The lowest BCUT2D eigenvalue weighted by atomic mass is 10.1. The third-order valence-corrected chi connectivity index (χ3v) is 3.11.